The van der Waals surface area contributed by atoms with Gasteiger partial charge in [-0.25, -0.2) is 9.97 Å². The zero-order chi connectivity index (χ0) is 21.1. The number of nitrogen functional groups attached to an aromatic ring is 1. The van der Waals surface area contributed by atoms with Gasteiger partial charge in [0.2, 0.25) is 0 Å². The summed E-state index contributed by atoms with van der Waals surface area (Å²) in [6, 6.07) is 11.3. The topological polar surface area (TPSA) is 100 Å². The summed E-state index contributed by atoms with van der Waals surface area (Å²) < 4.78 is 5.28. The van der Waals surface area contributed by atoms with Crippen LogP contribution in [0.25, 0.3) is 0 Å². The van der Waals surface area contributed by atoms with Crippen LogP contribution in [0.4, 0.5) is 11.6 Å². The molecule has 158 valence electrons. The third kappa shape index (κ3) is 3.92. The van der Waals surface area contributed by atoms with Crippen LogP contribution >= 0.6 is 0 Å². The van der Waals surface area contributed by atoms with Crippen LogP contribution in [0.15, 0.2) is 30.5 Å². The second kappa shape index (κ2) is 8.49. The maximum atomic E-state index is 9.39. The van der Waals surface area contributed by atoms with Crippen LogP contribution in [0.1, 0.15) is 56.3 Å². The fourth-order valence-corrected chi connectivity index (χ4v) is 5.14. The number of aromatic nitrogens is 2. The molecular weight excluding hydrogens is 376 g/mol. The molecule has 0 bridgehead atoms. The summed E-state index contributed by atoms with van der Waals surface area (Å²) in [6.45, 7) is 3.99. The van der Waals surface area contributed by atoms with Gasteiger partial charge in [0.05, 0.1) is 13.3 Å². The van der Waals surface area contributed by atoms with Gasteiger partial charge in [0.25, 0.3) is 0 Å². The van der Waals surface area contributed by atoms with Gasteiger partial charge in [-0.3, -0.25) is 0 Å². The number of anilines is 2. The van der Waals surface area contributed by atoms with E-state index in [2.05, 4.69) is 45.3 Å². The molecule has 3 N–H and O–H groups in total. The molecule has 30 heavy (non-hydrogen) atoms. The Balaban J connectivity index is 1.44. The fourth-order valence-electron chi connectivity index (χ4n) is 5.14. The minimum atomic E-state index is 0.291. The average molecular weight is 407 g/mol. The van der Waals surface area contributed by atoms with E-state index in [0.29, 0.717) is 34.8 Å². The van der Waals surface area contributed by atoms with Crippen LogP contribution in [0.3, 0.4) is 0 Å². The van der Waals surface area contributed by atoms with Crippen molar-refractivity contribution in [1.29, 1.82) is 5.26 Å². The van der Waals surface area contributed by atoms with Gasteiger partial charge in [-0.05, 0) is 55.7 Å². The van der Waals surface area contributed by atoms with Crippen LogP contribution in [0, 0.1) is 16.7 Å². The molecule has 2 aromatic rings. The van der Waals surface area contributed by atoms with Crippen molar-refractivity contribution in [3.63, 3.8) is 0 Å². The number of nitrogens with zero attached hydrogens (tertiary/aromatic N) is 4. The largest absolute Gasteiger partial charge is 0.497 e. The highest BCUT2D eigenvalue weighted by Crippen LogP contribution is 2.47. The van der Waals surface area contributed by atoms with E-state index < -0.39 is 0 Å². The Morgan fingerprint density at radius 1 is 1.27 bits per heavy atom. The van der Waals surface area contributed by atoms with Crippen molar-refractivity contribution in [3.05, 3.63) is 41.7 Å². The smallest absolute Gasteiger partial charge is 0.183 e. The molecule has 1 saturated heterocycles. The Morgan fingerprint density at radius 2 is 2.00 bits per heavy atom. The number of nitrogens with two attached hydrogens (primary N) is 1. The van der Waals surface area contributed by atoms with E-state index in [1.54, 1.807) is 7.11 Å². The predicted molar refractivity (Wildman–Crippen MR) is 117 cm³/mol. The van der Waals surface area contributed by atoms with Crippen LogP contribution < -0.4 is 20.7 Å². The van der Waals surface area contributed by atoms with Gasteiger partial charge in [0.1, 0.15) is 17.6 Å². The molecule has 1 spiro atoms. The van der Waals surface area contributed by atoms with Crippen molar-refractivity contribution < 1.29 is 4.74 Å². The second-order valence-corrected chi connectivity index (χ2v) is 8.53. The molecular formula is C23H30N6O. The monoisotopic (exact) mass is 406 g/mol. The van der Waals surface area contributed by atoms with Gasteiger partial charge in [-0.2, -0.15) is 5.26 Å². The first-order valence-corrected chi connectivity index (χ1v) is 10.7. The third-order valence-electron chi connectivity index (χ3n) is 6.91. The molecule has 2 fully saturated rings. The number of nitrogens with one attached hydrogen (secondary N) is 1. The molecule has 0 radical (unpaired) electrons. The number of hydrogen-bond acceptors (Lipinski definition) is 7. The van der Waals surface area contributed by atoms with E-state index in [0.717, 1.165) is 31.7 Å². The van der Waals surface area contributed by atoms with Crippen molar-refractivity contribution >= 4 is 11.6 Å². The average Bonchev–Trinajstić information content (AvgIpc) is 3.15. The minimum absolute atomic E-state index is 0.291. The zero-order valence-corrected chi connectivity index (χ0v) is 17.8. The standard InChI is InChI=1S/C23H30N6O/c1-16(17-5-7-18(30-2)8-6-17)27-20-4-3-9-23(20)10-12-29(13-11-23)22-19(14-24)26-15-21(25)28-22/h5-8,15-16,20,27H,3-4,9-13H2,1-2H3,(H2,25,28). The van der Waals surface area contributed by atoms with Crippen molar-refractivity contribution in [1.82, 2.24) is 15.3 Å². The first kappa shape index (κ1) is 20.4. The van der Waals surface area contributed by atoms with E-state index >= 15 is 0 Å². The van der Waals surface area contributed by atoms with Gasteiger partial charge in [-0.15, -0.1) is 0 Å². The molecule has 1 aliphatic carbocycles. The van der Waals surface area contributed by atoms with Crippen molar-refractivity contribution in [2.24, 2.45) is 5.41 Å². The molecule has 4 rings (SSSR count). The summed E-state index contributed by atoms with van der Waals surface area (Å²) in [5.74, 6) is 1.87. The summed E-state index contributed by atoms with van der Waals surface area (Å²) in [5.41, 5.74) is 7.77. The van der Waals surface area contributed by atoms with Gasteiger partial charge >= 0.3 is 0 Å². The first-order valence-electron chi connectivity index (χ1n) is 10.7. The first-order chi connectivity index (χ1) is 14.5. The van der Waals surface area contributed by atoms with Gasteiger partial charge in [0, 0.05) is 25.2 Å². The molecule has 7 nitrogen and oxygen atoms in total. The lowest BCUT2D eigenvalue weighted by atomic mass is 9.73. The number of ether oxygens (including phenoxy) is 1. The lowest BCUT2D eigenvalue weighted by Gasteiger charge is -2.44. The van der Waals surface area contributed by atoms with Crippen molar-refractivity contribution in [3.8, 4) is 11.8 Å². The van der Waals surface area contributed by atoms with Gasteiger partial charge in [-0.1, -0.05) is 18.6 Å². The highest BCUT2D eigenvalue weighted by atomic mass is 16.5. The summed E-state index contributed by atoms with van der Waals surface area (Å²) in [4.78, 5) is 10.7. The lowest BCUT2D eigenvalue weighted by Crippen LogP contribution is -2.49. The van der Waals surface area contributed by atoms with E-state index in [-0.39, 0.29) is 0 Å². The zero-order valence-electron chi connectivity index (χ0n) is 17.8. The molecule has 1 aromatic carbocycles. The Bertz CT molecular complexity index is 914. The second-order valence-electron chi connectivity index (χ2n) is 8.53. The van der Waals surface area contributed by atoms with Crippen LogP contribution in [-0.2, 0) is 0 Å². The Labute approximate surface area is 178 Å². The highest BCUT2D eigenvalue weighted by molar-refractivity contribution is 5.53. The normalized spacial score (nSPS) is 21.4. The maximum absolute atomic E-state index is 9.39. The molecule has 1 aliphatic heterocycles. The number of benzene rings is 1. The summed E-state index contributed by atoms with van der Waals surface area (Å²) in [6.07, 6.45) is 7.34. The Hall–Kier alpha value is -2.85. The molecule has 2 atom stereocenters. The number of methoxy groups -OCH3 is 1. The molecule has 2 heterocycles. The summed E-state index contributed by atoms with van der Waals surface area (Å²) >= 11 is 0. The van der Waals surface area contributed by atoms with Gasteiger partial charge < -0.3 is 20.7 Å². The van der Waals surface area contributed by atoms with Crippen LogP contribution in [0.5, 0.6) is 5.75 Å². The summed E-state index contributed by atoms with van der Waals surface area (Å²) in [7, 11) is 1.69. The maximum Gasteiger partial charge on any atom is 0.183 e. The van der Waals surface area contributed by atoms with E-state index in [1.807, 2.05) is 12.1 Å². The van der Waals surface area contributed by atoms with Gasteiger partial charge in [0.15, 0.2) is 11.5 Å². The molecule has 1 saturated carbocycles. The number of hydrogen-bond donors (Lipinski definition) is 2. The van der Waals surface area contributed by atoms with Crippen LogP contribution in [-0.4, -0.2) is 36.2 Å². The summed E-state index contributed by atoms with van der Waals surface area (Å²) in [5, 5.41) is 13.3. The third-order valence-corrected chi connectivity index (χ3v) is 6.91. The number of piperidine rings is 1. The molecule has 2 aliphatic rings. The minimum Gasteiger partial charge on any atom is -0.497 e. The molecule has 0 amide bonds. The van der Waals surface area contributed by atoms with Crippen molar-refractivity contribution in [2.45, 2.75) is 51.1 Å². The molecule has 2 unspecified atom stereocenters. The highest BCUT2D eigenvalue weighted by Gasteiger charge is 2.45. The van der Waals surface area contributed by atoms with E-state index in [4.69, 9.17) is 10.5 Å². The van der Waals surface area contributed by atoms with Crippen molar-refractivity contribution in [2.75, 3.05) is 30.8 Å². The molecule has 7 heteroatoms. The fraction of sp³-hybridized carbons (Fsp3) is 0.522. The quantitative estimate of drug-likeness (QED) is 0.784. The lowest BCUT2D eigenvalue weighted by molar-refractivity contribution is 0.163. The molecule has 1 aromatic heterocycles. The number of rotatable bonds is 5. The van der Waals surface area contributed by atoms with E-state index in [1.165, 1.54) is 31.0 Å². The van der Waals surface area contributed by atoms with E-state index in [9.17, 15) is 5.26 Å². The Kier molecular flexibility index (Phi) is 5.78. The Morgan fingerprint density at radius 3 is 2.67 bits per heavy atom. The van der Waals surface area contributed by atoms with Crippen LogP contribution in [0.2, 0.25) is 0 Å². The predicted octanol–water partition coefficient (Wildman–Crippen LogP) is 3.43. The SMILES string of the molecule is COc1ccc(C(C)NC2CCCC23CCN(c2nc(N)cnc2C#N)CC3)cc1. The number of nitriles is 1.